The zero-order chi connectivity index (χ0) is 8.39. The molecule has 0 amide bonds. The molecule has 0 aliphatic heterocycles. The van der Waals surface area contributed by atoms with Crippen molar-refractivity contribution in [2.24, 2.45) is 0 Å². The highest BCUT2D eigenvalue weighted by Crippen LogP contribution is 2.08. The molecule has 0 spiro atoms. The van der Waals surface area contributed by atoms with E-state index in [1.165, 1.54) is 12.1 Å². The fourth-order valence-electron chi connectivity index (χ4n) is 1.07. The van der Waals surface area contributed by atoms with Crippen molar-refractivity contribution in [1.82, 2.24) is 4.57 Å². The average Bonchev–Trinajstić information content (AvgIpc) is 2.56. The normalized spacial score (nSPS) is 10.1. The molecule has 0 aliphatic rings. The Kier molecular flexibility index (Phi) is 1.67. The van der Waals surface area contributed by atoms with Crippen molar-refractivity contribution in [2.45, 2.75) is 0 Å². The molecule has 0 saturated heterocycles. The number of nitrogens with zero attached hydrogens (tertiary/aromatic N) is 1. The van der Waals surface area contributed by atoms with Crippen molar-refractivity contribution < 1.29 is 4.39 Å². The molecule has 2 rings (SSSR count). The zero-order valence-electron chi connectivity index (χ0n) is 6.37. The lowest BCUT2D eigenvalue weighted by Gasteiger charge is -2.00. The van der Waals surface area contributed by atoms with Crippen LogP contribution >= 0.6 is 0 Å². The second-order valence-electron chi connectivity index (χ2n) is 2.48. The molecule has 12 heavy (non-hydrogen) atoms. The molecule has 59 valence electrons. The summed E-state index contributed by atoms with van der Waals surface area (Å²) in [5, 5.41) is 0. The maximum atomic E-state index is 12.7. The molecule has 0 fully saturated rings. The van der Waals surface area contributed by atoms with E-state index in [0.29, 0.717) is 0 Å². The predicted molar refractivity (Wildman–Crippen MR) is 44.6 cm³/mol. The van der Waals surface area contributed by atoms with Crippen molar-refractivity contribution in [3.8, 4) is 5.69 Å². The Bertz CT molecular complexity index is 365. The molecule has 0 atom stereocenters. The summed E-state index contributed by atoms with van der Waals surface area (Å²) in [6, 6.07) is 11.1. The van der Waals surface area contributed by atoms with Crippen LogP contribution < -0.4 is 0 Å². The van der Waals surface area contributed by atoms with Gasteiger partial charge in [0.05, 0.1) is 5.69 Å². The van der Waals surface area contributed by atoms with Crippen molar-refractivity contribution >= 4 is 0 Å². The molecular weight excluding hydrogens is 153 g/mol. The molecule has 2 heteroatoms. The minimum absolute atomic E-state index is 0.238. The van der Waals surface area contributed by atoms with E-state index in [-0.39, 0.29) is 5.82 Å². The number of hydrogen-bond acceptors (Lipinski definition) is 0. The van der Waals surface area contributed by atoms with Crippen LogP contribution in [0.25, 0.3) is 5.69 Å². The number of aromatic nitrogens is 1. The number of halogens is 1. The lowest BCUT2D eigenvalue weighted by molar-refractivity contribution is 0.626. The van der Waals surface area contributed by atoms with Gasteiger partial charge in [0.15, 0.2) is 0 Å². The Morgan fingerprint density at radius 2 is 2.00 bits per heavy atom. The Balaban J connectivity index is 2.48. The van der Waals surface area contributed by atoms with E-state index in [9.17, 15) is 4.39 Å². The standard InChI is InChI=1S/C10H7FN/c11-9-4-3-5-10(8-9)12-6-1-2-7-12/h1-4,6-8H. The highest BCUT2D eigenvalue weighted by molar-refractivity contribution is 5.31. The molecule has 2 aromatic rings. The fourth-order valence-corrected chi connectivity index (χ4v) is 1.07. The summed E-state index contributed by atoms with van der Waals surface area (Å²) in [7, 11) is 0. The van der Waals surface area contributed by atoms with Gasteiger partial charge in [-0.15, -0.1) is 0 Å². The van der Waals surface area contributed by atoms with Crippen LogP contribution in [0.5, 0.6) is 0 Å². The van der Waals surface area contributed by atoms with Crippen LogP contribution in [-0.4, -0.2) is 4.57 Å². The van der Waals surface area contributed by atoms with E-state index in [0.717, 1.165) is 5.69 Å². The third-order valence-electron chi connectivity index (χ3n) is 1.63. The van der Waals surface area contributed by atoms with Crippen LogP contribution in [0.4, 0.5) is 4.39 Å². The van der Waals surface area contributed by atoms with Crippen molar-refractivity contribution in [2.75, 3.05) is 0 Å². The number of hydrogen-bond donors (Lipinski definition) is 0. The zero-order valence-corrected chi connectivity index (χ0v) is 6.37. The third-order valence-corrected chi connectivity index (χ3v) is 1.63. The monoisotopic (exact) mass is 160 g/mol. The van der Waals surface area contributed by atoms with E-state index in [1.54, 1.807) is 6.07 Å². The summed E-state index contributed by atoms with van der Waals surface area (Å²) >= 11 is 0. The van der Waals surface area contributed by atoms with Crippen LogP contribution in [0, 0.1) is 11.9 Å². The van der Waals surface area contributed by atoms with Crippen molar-refractivity contribution in [3.05, 3.63) is 54.6 Å². The van der Waals surface area contributed by atoms with Gasteiger partial charge in [0.1, 0.15) is 5.82 Å². The van der Waals surface area contributed by atoms with E-state index < -0.39 is 0 Å². The van der Waals surface area contributed by atoms with Crippen LogP contribution in [0.2, 0.25) is 0 Å². The van der Waals surface area contributed by atoms with Gasteiger partial charge < -0.3 is 4.57 Å². The topological polar surface area (TPSA) is 4.93 Å². The Morgan fingerprint density at radius 1 is 1.25 bits per heavy atom. The van der Waals surface area contributed by atoms with Crippen LogP contribution in [0.3, 0.4) is 0 Å². The van der Waals surface area contributed by atoms with E-state index in [2.05, 4.69) is 6.07 Å². The summed E-state index contributed by atoms with van der Waals surface area (Å²) in [6.45, 7) is 0. The summed E-state index contributed by atoms with van der Waals surface area (Å²) < 4.78 is 14.5. The maximum Gasteiger partial charge on any atom is 0.125 e. The summed E-state index contributed by atoms with van der Waals surface area (Å²) in [6.07, 6.45) is 3.70. The highest BCUT2D eigenvalue weighted by Gasteiger charge is 1.95. The van der Waals surface area contributed by atoms with Crippen LogP contribution in [-0.2, 0) is 0 Å². The molecule has 1 nitrogen and oxygen atoms in total. The molecule has 1 aromatic heterocycles. The molecule has 0 unspecified atom stereocenters. The Labute approximate surface area is 70.1 Å². The first-order valence-electron chi connectivity index (χ1n) is 3.67. The maximum absolute atomic E-state index is 12.7. The van der Waals surface area contributed by atoms with E-state index in [1.807, 2.05) is 29.1 Å². The molecule has 1 heterocycles. The van der Waals surface area contributed by atoms with Gasteiger partial charge in [0, 0.05) is 18.5 Å². The molecule has 1 radical (unpaired) electrons. The second kappa shape index (κ2) is 2.81. The summed E-state index contributed by atoms with van der Waals surface area (Å²) in [5.41, 5.74) is 0.722. The third kappa shape index (κ3) is 1.23. The smallest absolute Gasteiger partial charge is 0.125 e. The first-order chi connectivity index (χ1) is 5.86. The average molecular weight is 160 g/mol. The first-order valence-corrected chi connectivity index (χ1v) is 3.67. The van der Waals surface area contributed by atoms with Crippen LogP contribution in [0.15, 0.2) is 42.7 Å². The predicted octanol–water partition coefficient (Wildman–Crippen LogP) is 2.42. The lowest BCUT2D eigenvalue weighted by atomic mass is 10.3. The minimum Gasteiger partial charge on any atom is -0.323 e. The van der Waals surface area contributed by atoms with Gasteiger partial charge in [-0.3, -0.25) is 0 Å². The minimum atomic E-state index is -0.238. The van der Waals surface area contributed by atoms with Crippen LogP contribution in [0.1, 0.15) is 0 Å². The largest absolute Gasteiger partial charge is 0.323 e. The summed E-state index contributed by atoms with van der Waals surface area (Å²) in [5.74, 6) is -0.238. The van der Waals surface area contributed by atoms with Gasteiger partial charge in [-0.05, 0) is 30.3 Å². The second-order valence-corrected chi connectivity index (χ2v) is 2.48. The molecule has 0 N–H and O–H groups in total. The molecule has 1 aromatic carbocycles. The fraction of sp³-hybridized carbons (Fsp3) is 0. The SMILES string of the molecule is Fc1cc[c]c(-n2cccc2)c1. The lowest BCUT2D eigenvalue weighted by Crippen LogP contribution is -1.89. The quantitative estimate of drug-likeness (QED) is 0.603. The molecule has 0 saturated carbocycles. The number of benzene rings is 1. The van der Waals surface area contributed by atoms with Gasteiger partial charge in [-0.1, -0.05) is 0 Å². The van der Waals surface area contributed by atoms with Gasteiger partial charge in [-0.25, -0.2) is 4.39 Å². The van der Waals surface area contributed by atoms with Crippen molar-refractivity contribution in [3.63, 3.8) is 0 Å². The van der Waals surface area contributed by atoms with E-state index >= 15 is 0 Å². The van der Waals surface area contributed by atoms with Gasteiger partial charge in [-0.2, -0.15) is 0 Å². The van der Waals surface area contributed by atoms with E-state index in [4.69, 9.17) is 0 Å². The highest BCUT2D eigenvalue weighted by atomic mass is 19.1. The van der Waals surface area contributed by atoms with Gasteiger partial charge in [0.25, 0.3) is 0 Å². The first kappa shape index (κ1) is 7.10. The Morgan fingerprint density at radius 3 is 2.67 bits per heavy atom. The molecule has 0 bridgehead atoms. The Hall–Kier alpha value is -1.57. The van der Waals surface area contributed by atoms with Crippen molar-refractivity contribution in [1.29, 1.82) is 0 Å². The number of rotatable bonds is 1. The van der Waals surface area contributed by atoms with Gasteiger partial charge >= 0.3 is 0 Å². The molecular formula is C10H7FN. The summed E-state index contributed by atoms with van der Waals surface area (Å²) in [4.78, 5) is 0. The molecule has 0 aliphatic carbocycles. The van der Waals surface area contributed by atoms with Gasteiger partial charge in [0.2, 0.25) is 0 Å².